The highest BCUT2D eigenvalue weighted by Gasteiger charge is 2.29. The number of benzene rings is 1. The largest absolute Gasteiger partial charge is 0.491 e. The second-order valence-corrected chi connectivity index (χ2v) is 3.49. The van der Waals surface area contributed by atoms with Gasteiger partial charge in [-0.15, -0.1) is 0 Å². The Morgan fingerprint density at radius 1 is 1.62 bits per heavy atom. The third-order valence-electron chi connectivity index (χ3n) is 2.14. The summed E-state index contributed by atoms with van der Waals surface area (Å²) in [6.45, 7) is 0.359. The number of hydrogen-bond donors (Lipinski definition) is 1. The zero-order chi connectivity index (χ0) is 9.42. The lowest BCUT2D eigenvalue weighted by Gasteiger charge is -2.04. The van der Waals surface area contributed by atoms with Crippen LogP contribution in [0.15, 0.2) is 12.1 Å². The van der Waals surface area contributed by atoms with Crippen molar-refractivity contribution in [3.05, 3.63) is 29.1 Å². The molecular weight excluding hydrogens is 238 g/mol. The molecule has 2 rings (SSSR count). The number of halogens is 2. The van der Waals surface area contributed by atoms with E-state index in [1.54, 1.807) is 0 Å². The molecule has 0 unspecified atom stereocenters. The summed E-state index contributed by atoms with van der Waals surface area (Å²) in [5.74, 6) is -0.335. The van der Waals surface area contributed by atoms with E-state index in [2.05, 4.69) is 15.9 Å². The van der Waals surface area contributed by atoms with Gasteiger partial charge in [0, 0.05) is 5.33 Å². The zero-order valence-corrected chi connectivity index (χ0v) is 8.34. The summed E-state index contributed by atoms with van der Waals surface area (Å²) in [6, 6.07) is 2.77. The Hall–Kier alpha value is -0.385. The highest BCUT2D eigenvalue weighted by Crippen LogP contribution is 2.18. The van der Waals surface area contributed by atoms with Gasteiger partial charge in [-0.05, 0) is 28.7 Å². The molecule has 1 aromatic carbocycles. The average Bonchev–Trinajstić information content (AvgIpc) is 2.47. The van der Waals surface area contributed by atoms with Crippen molar-refractivity contribution in [2.24, 2.45) is 0 Å². The Morgan fingerprint density at radius 3 is 3.08 bits per heavy atom. The first-order valence-corrected chi connectivity index (χ1v) is 5.01. The molecule has 0 fully saturated rings. The first-order valence-electron chi connectivity index (χ1n) is 3.89. The molecule has 1 aromatic rings. The van der Waals surface area contributed by atoms with Gasteiger partial charge in [0.25, 0.3) is 0 Å². The van der Waals surface area contributed by atoms with Crippen LogP contribution >= 0.6 is 15.9 Å². The monoisotopic (exact) mass is 244 g/mol. The van der Waals surface area contributed by atoms with E-state index in [1.165, 1.54) is 12.1 Å². The van der Waals surface area contributed by atoms with E-state index in [0.29, 0.717) is 17.4 Å². The quantitative estimate of drug-likeness (QED) is 0.589. The van der Waals surface area contributed by atoms with Crippen molar-refractivity contribution >= 4 is 28.5 Å². The number of rotatable bonds is 1. The topological polar surface area (TPSA) is 29.5 Å². The van der Waals surface area contributed by atoms with Crippen LogP contribution < -0.4 is 5.46 Å². The summed E-state index contributed by atoms with van der Waals surface area (Å²) in [5.41, 5.74) is 2.28. The van der Waals surface area contributed by atoms with Gasteiger partial charge in [-0.3, -0.25) is 0 Å². The summed E-state index contributed by atoms with van der Waals surface area (Å²) in [5, 5.41) is 9.89. The third kappa shape index (κ3) is 1.52. The molecule has 68 valence electrons. The smallest absolute Gasteiger partial charge is 0.423 e. The summed E-state index contributed by atoms with van der Waals surface area (Å²) in [4.78, 5) is 0. The molecule has 0 bridgehead atoms. The first-order chi connectivity index (χ1) is 6.22. The number of fused-ring (bicyclic) bond motifs is 1. The van der Waals surface area contributed by atoms with Crippen molar-refractivity contribution in [3.8, 4) is 0 Å². The second-order valence-electron chi connectivity index (χ2n) is 2.93. The lowest BCUT2D eigenvalue weighted by molar-refractivity contribution is 0.275. The molecule has 0 aliphatic carbocycles. The predicted molar refractivity (Wildman–Crippen MR) is 51.4 cm³/mol. The van der Waals surface area contributed by atoms with Gasteiger partial charge in [0.15, 0.2) is 0 Å². The Labute approximate surface area is 84.0 Å². The molecule has 5 heteroatoms. The van der Waals surface area contributed by atoms with Gasteiger partial charge in [-0.2, -0.15) is 0 Å². The van der Waals surface area contributed by atoms with E-state index in [0.717, 1.165) is 11.1 Å². The Morgan fingerprint density at radius 2 is 2.38 bits per heavy atom. The molecule has 0 atom stereocenters. The Bertz CT molecular complexity index is 345. The molecular formula is C8H7BBrFO2. The normalized spacial score (nSPS) is 14.8. The van der Waals surface area contributed by atoms with Gasteiger partial charge in [-0.25, -0.2) is 4.39 Å². The number of hydrogen-bond acceptors (Lipinski definition) is 2. The fraction of sp³-hybridized carbons (Fsp3) is 0.250. The molecule has 1 N–H and O–H groups in total. The fourth-order valence-electron chi connectivity index (χ4n) is 1.48. The highest BCUT2D eigenvalue weighted by atomic mass is 79.9. The molecule has 13 heavy (non-hydrogen) atoms. The molecule has 2 nitrogen and oxygen atoms in total. The molecule has 1 aliphatic heterocycles. The van der Waals surface area contributed by atoms with Crippen LogP contribution in [-0.4, -0.2) is 12.1 Å². The summed E-state index contributed by atoms with van der Waals surface area (Å²) in [7, 11) is -0.969. The maximum atomic E-state index is 13.0. The number of alkyl halides is 1. The summed E-state index contributed by atoms with van der Waals surface area (Å²) in [6.07, 6.45) is 0. The molecule has 0 aromatic heterocycles. The van der Waals surface area contributed by atoms with Gasteiger partial charge in [0.2, 0.25) is 0 Å². The maximum Gasteiger partial charge on any atom is 0.491 e. The average molecular weight is 245 g/mol. The SMILES string of the molecule is OB1OCc2c(CBr)cc(F)cc21. The minimum atomic E-state index is -0.969. The fourth-order valence-corrected chi connectivity index (χ4v) is 1.98. The third-order valence-corrected chi connectivity index (χ3v) is 2.74. The van der Waals surface area contributed by atoms with Gasteiger partial charge >= 0.3 is 7.12 Å². The van der Waals surface area contributed by atoms with Crippen LogP contribution in [0.25, 0.3) is 0 Å². The van der Waals surface area contributed by atoms with Crippen molar-refractivity contribution in [2.45, 2.75) is 11.9 Å². The minimum absolute atomic E-state index is 0.335. The van der Waals surface area contributed by atoms with E-state index in [4.69, 9.17) is 4.65 Å². The molecule has 0 amide bonds. The van der Waals surface area contributed by atoms with E-state index < -0.39 is 7.12 Å². The lowest BCUT2D eigenvalue weighted by atomic mass is 9.78. The summed E-state index contributed by atoms with van der Waals surface area (Å²) >= 11 is 3.26. The molecule has 0 saturated carbocycles. The first kappa shape index (κ1) is 9.18. The summed E-state index contributed by atoms with van der Waals surface area (Å²) < 4.78 is 18.0. The van der Waals surface area contributed by atoms with Crippen molar-refractivity contribution < 1.29 is 14.1 Å². The Balaban J connectivity index is 2.56. The van der Waals surface area contributed by atoms with Crippen LogP contribution in [0.2, 0.25) is 0 Å². The van der Waals surface area contributed by atoms with Crippen molar-refractivity contribution in [2.75, 3.05) is 0 Å². The predicted octanol–water partition coefficient (Wildman–Crippen LogP) is 0.938. The second kappa shape index (κ2) is 3.40. The van der Waals surface area contributed by atoms with Crippen molar-refractivity contribution in [1.82, 2.24) is 0 Å². The maximum absolute atomic E-state index is 13.0. The van der Waals surface area contributed by atoms with Gasteiger partial charge in [-0.1, -0.05) is 15.9 Å². The van der Waals surface area contributed by atoms with E-state index in [-0.39, 0.29) is 5.82 Å². The molecule has 1 heterocycles. The lowest BCUT2D eigenvalue weighted by Crippen LogP contribution is -2.28. The van der Waals surface area contributed by atoms with Crippen molar-refractivity contribution in [3.63, 3.8) is 0 Å². The van der Waals surface area contributed by atoms with Gasteiger partial charge in [0.05, 0.1) is 6.61 Å². The van der Waals surface area contributed by atoms with E-state index in [1.807, 2.05) is 0 Å². The standard InChI is InChI=1S/C8H7BBrFO2/c10-3-5-1-6(11)2-8-7(5)4-13-9(8)12/h1-2,12H,3-4H2. The Kier molecular flexibility index (Phi) is 2.40. The zero-order valence-electron chi connectivity index (χ0n) is 6.76. The van der Waals surface area contributed by atoms with Crippen molar-refractivity contribution in [1.29, 1.82) is 0 Å². The van der Waals surface area contributed by atoms with E-state index >= 15 is 0 Å². The molecule has 0 spiro atoms. The van der Waals surface area contributed by atoms with Gasteiger partial charge < -0.3 is 9.68 Å². The van der Waals surface area contributed by atoms with Crippen LogP contribution in [0.4, 0.5) is 4.39 Å². The van der Waals surface area contributed by atoms with Gasteiger partial charge in [0.1, 0.15) is 5.82 Å². The molecule has 0 saturated heterocycles. The van der Waals surface area contributed by atoms with Crippen LogP contribution in [-0.2, 0) is 16.6 Å². The highest BCUT2D eigenvalue weighted by molar-refractivity contribution is 9.08. The van der Waals surface area contributed by atoms with Crippen LogP contribution in [0.1, 0.15) is 11.1 Å². The van der Waals surface area contributed by atoms with E-state index in [9.17, 15) is 9.41 Å². The molecule has 1 aliphatic rings. The minimum Gasteiger partial charge on any atom is -0.423 e. The van der Waals surface area contributed by atoms with Crippen LogP contribution in [0, 0.1) is 5.82 Å². The van der Waals surface area contributed by atoms with Crippen LogP contribution in [0.5, 0.6) is 0 Å². The van der Waals surface area contributed by atoms with Crippen LogP contribution in [0.3, 0.4) is 0 Å². The molecule has 0 radical (unpaired) electrons.